The molecule has 2 nitrogen and oxygen atoms in total. The van der Waals surface area contributed by atoms with Crippen LogP contribution in [0.5, 0.6) is 0 Å². The zero-order chi connectivity index (χ0) is 12.5. The first-order chi connectivity index (χ1) is 8.72. The minimum Gasteiger partial charge on any atom is -0.460 e. The monoisotopic (exact) mass is 249 g/mol. The maximum Gasteiger partial charge on any atom is 0.137 e. The molecule has 1 N–H and O–H groups in total. The fourth-order valence-corrected chi connectivity index (χ4v) is 1.84. The van der Waals surface area contributed by atoms with Crippen LogP contribution in [0.1, 0.15) is 18.6 Å². The zero-order valence-corrected chi connectivity index (χ0v) is 9.75. The number of hydrogen-bond acceptors (Lipinski definition) is 2. The summed E-state index contributed by atoms with van der Waals surface area (Å²) in [4.78, 5) is 0. The van der Waals surface area contributed by atoms with E-state index in [1.54, 1.807) is 6.07 Å². The zero-order valence-electron chi connectivity index (χ0n) is 9.75. The molecule has 18 heavy (non-hydrogen) atoms. The van der Waals surface area contributed by atoms with E-state index >= 15 is 0 Å². The van der Waals surface area contributed by atoms with E-state index in [1.807, 2.05) is 6.07 Å². The molecule has 1 aliphatic carbocycles. The van der Waals surface area contributed by atoms with Gasteiger partial charge in [-0.3, -0.25) is 0 Å². The number of benzene rings is 1. The maximum atomic E-state index is 13.6. The van der Waals surface area contributed by atoms with Gasteiger partial charge >= 0.3 is 0 Å². The van der Waals surface area contributed by atoms with Crippen molar-refractivity contribution in [3.05, 3.63) is 47.7 Å². The molecule has 1 saturated carbocycles. The Kier molecular flexibility index (Phi) is 2.88. The molecular weight excluding hydrogens is 236 g/mol. The van der Waals surface area contributed by atoms with E-state index in [0.717, 1.165) is 11.8 Å². The Morgan fingerprint density at radius 3 is 2.72 bits per heavy atom. The van der Waals surface area contributed by atoms with Gasteiger partial charge in [-0.2, -0.15) is 0 Å². The number of halogens is 2. The Morgan fingerprint density at radius 2 is 2.00 bits per heavy atom. The molecule has 94 valence electrons. The van der Waals surface area contributed by atoms with Gasteiger partial charge in [0.15, 0.2) is 0 Å². The van der Waals surface area contributed by atoms with Gasteiger partial charge in [-0.25, -0.2) is 8.78 Å². The normalized spacial score (nSPS) is 15.0. The summed E-state index contributed by atoms with van der Waals surface area (Å²) < 4.78 is 31.9. The van der Waals surface area contributed by atoms with E-state index in [-0.39, 0.29) is 5.56 Å². The van der Waals surface area contributed by atoms with Gasteiger partial charge in [0, 0.05) is 12.1 Å². The Balaban J connectivity index is 1.78. The topological polar surface area (TPSA) is 25.2 Å². The Bertz CT molecular complexity index is 561. The van der Waals surface area contributed by atoms with Gasteiger partial charge < -0.3 is 9.73 Å². The first-order valence-corrected chi connectivity index (χ1v) is 6.00. The molecule has 3 rings (SSSR count). The van der Waals surface area contributed by atoms with Crippen LogP contribution >= 0.6 is 0 Å². The van der Waals surface area contributed by atoms with Gasteiger partial charge in [0.05, 0.1) is 12.1 Å². The van der Waals surface area contributed by atoms with Gasteiger partial charge in [0.2, 0.25) is 0 Å². The van der Waals surface area contributed by atoms with E-state index in [0.29, 0.717) is 18.3 Å². The van der Waals surface area contributed by atoms with Crippen molar-refractivity contribution in [2.75, 3.05) is 0 Å². The van der Waals surface area contributed by atoms with Crippen LogP contribution in [0.3, 0.4) is 0 Å². The summed E-state index contributed by atoms with van der Waals surface area (Å²) in [5.41, 5.74) is 0.286. The van der Waals surface area contributed by atoms with Crippen molar-refractivity contribution in [3.8, 4) is 11.3 Å². The molecule has 0 aliphatic heterocycles. The first kappa shape index (κ1) is 11.4. The second-order valence-corrected chi connectivity index (χ2v) is 4.55. The third-order valence-electron chi connectivity index (χ3n) is 3.00. The van der Waals surface area contributed by atoms with Crippen molar-refractivity contribution in [1.82, 2.24) is 5.32 Å². The number of furan rings is 1. The van der Waals surface area contributed by atoms with Crippen LogP contribution in [-0.4, -0.2) is 6.04 Å². The average molecular weight is 249 g/mol. The van der Waals surface area contributed by atoms with E-state index < -0.39 is 11.6 Å². The lowest BCUT2D eigenvalue weighted by atomic mass is 10.1. The summed E-state index contributed by atoms with van der Waals surface area (Å²) in [6.07, 6.45) is 2.42. The lowest BCUT2D eigenvalue weighted by Gasteiger charge is -2.01. The van der Waals surface area contributed by atoms with Crippen molar-refractivity contribution in [2.45, 2.75) is 25.4 Å². The highest BCUT2D eigenvalue weighted by molar-refractivity contribution is 5.58. The van der Waals surface area contributed by atoms with Crippen molar-refractivity contribution in [3.63, 3.8) is 0 Å². The van der Waals surface area contributed by atoms with Gasteiger partial charge in [0.1, 0.15) is 23.2 Å². The van der Waals surface area contributed by atoms with Crippen molar-refractivity contribution in [2.24, 2.45) is 0 Å². The Morgan fingerprint density at radius 1 is 1.17 bits per heavy atom. The van der Waals surface area contributed by atoms with Crippen molar-refractivity contribution >= 4 is 0 Å². The Labute approximate surface area is 104 Å². The average Bonchev–Trinajstić information content (AvgIpc) is 3.05. The molecule has 2 aromatic rings. The molecule has 1 aromatic carbocycles. The third-order valence-corrected chi connectivity index (χ3v) is 3.00. The van der Waals surface area contributed by atoms with E-state index in [2.05, 4.69) is 5.32 Å². The molecule has 1 aliphatic rings. The number of nitrogens with one attached hydrogen (secondary N) is 1. The molecule has 0 atom stereocenters. The third kappa shape index (κ3) is 2.43. The van der Waals surface area contributed by atoms with E-state index in [4.69, 9.17) is 4.42 Å². The smallest absolute Gasteiger partial charge is 0.137 e. The molecule has 4 heteroatoms. The second kappa shape index (κ2) is 4.53. The molecule has 0 spiro atoms. The lowest BCUT2D eigenvalue weighted by molar-refractivity contribution is 0.488. The van der Waals surface area contributed by atoms with Crippen LogP contribution in [0.4, 0.5) is 8.78 Å². The quantitative estimate of drug-likeness (QED) is 0.897. The highest BCUT2D eigenvalue weighted by atomic mass is 19.1. The molecule has 1 aromatic heterocycles. The molecule has 1 fully saturated rings. The standard InChI is InChI=1S/C14H13F2NO/c15-9-1-5-12(13(16)7-9)14-6-4-11(18-14)8-17-10-2-3-10/h1,4-7,10,17H,2-3,8H2. The molecule has 0 amide bonds. The van der Waals surface area contributed by atoms with Crippen LogP contribution in [0, 0.1) is 11.6 Å². The van der Waals surface area contributed by atoms with Crippen LogP contribution < -0.4 is 5.32 Å². The van der Waals surface area contributed by atoms with Crippen LogP contribution in [0.15, 0.2) is 34.7 Å². The number of rotatable bonds is 4. The van der Waals surface area contributed by atoms with Gasteiger partial charge in [0.25, 0.3) is 0 Å². The summed E-state index contributed by atoms with van der Waals surface area (Å²) >= 11 is 0. The number of hydrogen-bond donors (Lipinski definition) is 1. The van der Waals surface area contributed by atoms with E-state index in [9.17, 15) is 8.78 Å². The predicted octanol–water partition coefficient (Wildman–Crippen LogP) is 3.48. The SMILES string of the molecule is Fc1ccc(-c2ccc(CNC3CC3)o2)c(F)c1. The summed E-state index contributed by atoms with van der Waals surface area (Å²) in [7, 11) is 0. The van der Waals surface area contributed by atoms with Crippen LogP contribution in [0.2, 0.25) is 0 Å². The minimum absolute atomic E-state index is 0.286. The van der Waals surface area contributed by atoms with E-state index in [1.165, 1.54) is 25.0 Å². The largest absolute Gasteiger partial charge is 0.460 e. The molecule has 0 unspecified atom stereocenters. The summed E-state index contributed by atoms with van der Waals surface area (Å²) in [6.45, 7) is 0.646. The molecule has 1 heterocycles. The molecule has 0 bridgehead atoms. The van der Waals surface area contributed by atoms with Gasteiger partial charge in [-0.1, -0.05) is 0 Å². The summed E-state index contributed by atoms with van der Waals surface area (Å²) in [5, 5.41) is 3.31. The molecule has 0 saturated heterocycles. The van der Waals surface area contributed by atoms with Crippen molar-refractivity contribution in [1.29, 1.82) is 0 Å². The highest BCUT2D eigenvalue weighted by Crippen LogP contribution is 2.26. The highest BCUT2D eigenvalue weighted by Gasteiger charge is 2.20. The predicted molar refractivity (Wildman–Crippen MR) is 63.9 cm³/mol. The van der Waals surface area contributed by atoms with Gasteiger partial charge in [-0.05, 0) is 37.1 Å². The molecule has 0 radical (unpaired) electrons. The van der Waals surface area contributed by atoms with Crippen LogP contribution in [-0.2, 0) is 6.54 Å². The Hall–Kier alpha value is -1.68. The first-order valence-electron chi connectivity index (χ1n) is 6.00. The fourth-order valence-electron chi connectivity index (χ4n) is 1.84. The van der Waals surface area contributed by atoms with Crippen LogP contribution in [0.25, 0.3) is 11.3 Å². The maximum absolute atomic E-state index is 13.6. The molecular formula is C14H13F2NO. The summed E-state index contributed by atoms with van der Waals surface area (Å²) in [5.74, 6) is 0.00482. The van der Waals surface area contributed by atoms with Gasteiger partial charge in [-0.15, -0.1) is 0 Å². The second-order valence-electron chi connectivity index (χ2n) is 4.55. The fraction of sp³-hybridized carbons (Fsp3) is 0.286. The lowest BCUT2D eigenvalue weighted by Crippen LogP contribution is -2.14. The minimum atomic E-state index is -0.606. The van der Waals surface area contributed by atoms with Crippen molar-refractivity contribution < 1.29 is 13.2 Å². The summed E-state index contributed by atoms with van der Waals surface area (Å²) in [6, 6.07) is 7.60.